The Kier molecular flexibility index (Phi) is 5.16. The molecule has 144 valence electrons. The molecule has 1 unspecified atom stereocenters. The zero-order valence-corrected chi connectivity index (χ0v) is 15.3. The van der Waals surface area contributed by atoms with Crippen LogP contribution in [-0.2, 0) is 16.1 Å². The van der Waals surface area contributed by atoms with Gasteiger partial charge in [-0.2, -0.15) is 0 Å². The van der Waals surface area contributed by atoms with Gasteiger partial charge in [0.15, 0.2) is 0 Å². The lowest BCUT2D eigenvalue weighted by atomic mass is 10.1. The Morgan fingerprint density at radius 2 is 1.96 bits per heavy atom. The average molecular weight is 381 g/mol. The fourth-order valence-electron chi connectivity index (χ4n) is 3.39. The molecule has 28 heavy (non-hydrogen) atoms. The van der Waals surface area contributed by atoms with Crippen LogP contribution in [0.5, 0.6) is 0 Å². The molecule has 2 heterocycles. The first-order valence-corrected chi connectivity index (χ1v) is 9.21. The molecule has 1 saturated heterocycles. The van der Waals surface area contributed by atoms with Crippen molar-refractivity contribution in [1.82, 2.24) is 14.5 Å². The lowest BCUT2D eigenvalue weighted by molar-refractivity contribution is -0.139. The van der Waals surface area contributed by atoms with Crippen molar-refractivity contribution in [2.75, 3.05) is 19.7 Å². The molecule has 6 nitrogen and oxygen atoms in total. The predicted molar refractivity (Wildman–Crippen MR) is 102 cm³/mol. The number of aryl methyl sites for hydroxylation is 1. The molecule has 0 saturated carbocycles. The van der Waals surface area contributed by atoms with E-state index in [1.807, 2.05) is 6.07 Å². The van der Waals surface area contributed by atoms with Gasteiger partial charge in [0, 0.05) is 19.5 Å². The summed E-state index contributed by atoms with van der Waals surface area (Å²) in [5.41, 5.74) is 1.34. The minimum atomic E-state index is -0.304. The third-order valence-electron chi connectivity index (χ3n) is 4.96. The molecule has 0 bridgehead atoms. The molecule has 0 radical (unpaired) electrons. The summed E-state index contributed by atoms with van der Waals surface area (Å²) in [6, 6.07) is 13.3. The lowest BCUT2D eigenvalue weighted by Gasteiger charge is -2.33. The highest BCUT2D eigenvalue weighted by Gasteiger charge is 2.25. The quantitative estimate of drug-likeness (QED) is 0.697. The molecule has 1 fully saturated rings. The smallest absolute Gasteiger partial charge is 0.261 e. The number of carbonyl (C=O) groups is 1. The molecule has 1 atom stereocenters. The molecule has 1 amide bonds. The minimum absolute atomic E-state index is 0.0459. The number of amides is 1. The van der Waals surface area contributed by atoms with Gasteiger partial charge in [0.25, 0.3) is 5.56 Å². The molecule has 0 aliphatic carbocycles. The van der Waals surface area contributed by atoms with Gasteiger partial charge < -0.3 is 9.64 Å². The highest BCUT2D eigenvalue weighted by Crippen LogP contribution is 2.23. The van der Waals surface area contributed by atoms with Crippen LogP contribution < -0.4 is 5.56 Å². The molecule has 2 aromatic carbocycles. The maximum Gasteiger partial charge on any atom is 0.261 e. The van der Waals surface area contributed by atoms with Gasteiger partial charge in [-0.1, -0.05) is 24.3 Å². The van der Waals surface area contributed by atoms with Crippen LogP contribution in [0.3, 0.4) is 0 Å². The summed E-state index contributed by atoms with van der Waals surface area (Å²) >= 11 is 0. The number of carbonyl (C=O) groups excluding carboxylic acids is 1. The monoisotopic (exact) mass is 381 g/mol. The van der Waals surface area contributed by atoms with Crippen molar-refractivity contribution in [2.45, 2.75) is 19.1 Å². The molecular formula is C21H20FN3O3. The number of benzene rings is 2. The first kappa shape index (κ1) is 18.3. The summed E-state index contributed by atoms with van der Waals surface area (Å²) in [7, 11) is 0. The molecular weight excluding hydrogens is 361 g/mol. The van der Waals surface area contributed by atoms with Crippen molar-refractivity contribution in [3.8, 4) is 0 Å². The van der Waals surface area contributed by atoms with E-state index < -0.39 is 0 Å². The number of aromatic nitrogens is 2. The number of halogens is 1. The van der Waals surface area contributed by atoms with Crippen LogP contribution in [0.25, 0.3) is 10.9 Å². The Balaban J connectivity index is 1.41. The van der Waals surface area contributed by atoms with E-state index >= 15 is 0 Å². The summed E-state index contributed by atoms with van der Waals surface area (Å²) in [4.78, 5) is 31.2. The standard InChI is InChI=1S/C21H20FN3O3/c22-16-7-5-15(6-8-16)19-13-24(11-12-28-19)20(26)9-10-25-14-23-18-4-2-1-3-17(18)21(25)27/h1-8,14,19H,9-13H2. The third-order valence-corrected chi connectivity index (χ3v) is 4.96. The summed E-state index contributed by atoms with van der Waals surface area (Å²) in [5.74, 6) is -0.350. The summed E-state index contributed by atoms with van der Waals surface area (Å²) in [6.45, 7) is 1.61. The van der Waals surface area contributed by atoms with Crippen molar-refractivity contribution < 1.29 is 13.9 Å². The van der Waals surface area contributed by atoms with Gasteiger partial charge in [-0.25, -0.2) is 9.37 Å². The van der Waals surface area contributed by atoms with E-state index in [1.54, 1.807) is 35.2 Å². The largest absolute Gasteiger partial charge is 0.370 e. The molecule has 1 aliphatic rings. The Morgan fingerprint density at radius 3 is 2.79 bits per heavy atom. The van der Waals surface area contributed by atoms with E-state index in [2.05, 4.69) is 4.98 Å². The summed E-state index contributed by atoms with van der Waals surface area (Å²) < 4.78 is 20.3. The number of hydrogen-bond donors (Lipinski definition) is 0. The second-order valence-electron chi connectivity index (χ2n) is 6.76. The second kappa shape index (κ2) is 7.90. The van der Waals surface area contributed by atoms with Gasteiger partial charge in [0.2, 0.25) is 5.91 Å². The van der Waals surface area contributed by atoms with Crippen molar-refractivity contribution in [3.05, 3.63) is 76.6 Å². The first-order chi connectivity index (χ1) is 13.6. The van der Waals surface area contributed by atoms with E-state index in [1.165, 1.54) is 23.0 Å². The number of rotatable bonds is 4. The van der Waals surface area contributed by atoms with Crippen LogP contribution in [0.15, 0.2) is 59.7 Å². The van der Waals surface area contributed by atoms with Gasteiger partial charge in [-0.3, -0.25) is 14.2 Å². The van der Waals surface area contributed by atoms with E-state index in [9.17, 15) is 14.0 Å². The SMILES string of the molecule is O=C(CCn1cnc2ccccc2c1=O)N1CCOC(c2ccc(F)cc2)C1. The second-order valence-corrected chi connectivity index (χ2v) is 6.76. The number of hydrogen-bond acceptors (Lipinski definition) is 4. The molecule has 7 heteroatoms. The van der Waals surface area contributed by atoms with Crippen LogP contribution in [-0.4, -0.2) is 40.1 Å². The fraction of sp³-hybridized carbons (Fsp3) is 0.286. The summed E-state index contributed by atoms with van der Waals surface area (Å²) in [5, 5.41) is 0.542. The number of para-hydroxylation sites is 1. The zero-order chi connectivity index (χ0) is 19.5. The van der Waals surface area contributed by atoms with E-state index in [0.29, 0.717) is 30.6 Å². The van der Waals surface area contributed by atoms with Gasteiger partial charge in [-0.05, 0) is 29.8 Å². The van der Waals surface area contributed by atoms with Crippen LogP contribution in [0.4, 0.5) is 4.39 Å². The number of ether oxygens (including phenoxy) is 1. The molecule has 1 aliphatic heterocycles. The number of fused-ring (bicyclic) bond motifs is 1. The topological polar surface area (TPSA) is 64.4 Å². The Morgan fingerprint density at radius 1 is 1.18 bits per heavy atom. The maximum absolute atomic E-state index is 13.1. The number of nitrogens with zero attached hydrogens (tertiary/aromatic N) is 3. The van der Waals surface area contributed by atoms with Gasteiger partial charge >= 0.3 is 0 Å². The van der Waals surface area contributed by atoms with Crippen molar-refractivity contribution in [3.63, 3.8) is 0 Å². The van der Waals surface area contributed by atoms with Crippen LogP contribution >= 0.6 is 0 Å². The van der Waals surface area contributed by atoms with Crippen LogP contribution in [0, 0.1) is 5.82 Å². The maximum atomic E-state index is 13.1. The zero-order valence-electron chi connectivity index (χ0n) is 15.3. The highest BCUT2D eigenvalue weighted by molar-refractivity contribution is 5.77. The van der Waals surface area contributed by atoms with Gasteiger partial charge in [0.1, 0.15) is 11.9 Å². The Hall–Kier alpha value is -3.06. The number of morpholine rings is 1. The fourth-order valence-corrected chi connectivity index (χ4v) is 3.39. The van der Waals surface area contributed by atoms with Crippen molar-refractivity contribution in [1.29, 1.82) is 0 Å². The predicted octanol–water partition coefficient (Wildman–Crippen LogP) is 2.53. The highest BCUT2D eigenvalue weighted by atomic mass is 19.1. The Bertz CT molecular complexity index is 1050. The third kappa shape index (κ3) is 3.80. The van der Waals surface area contributed by atoms with E-state index in [-0.39, 0.29) is 36.4 Å². The van der Waals surface area contributed by atoms with Gasteiger partial charge in [0.05, 0.1) is 30.4 Å². The Labute approximate surface area is 161 Å². The molecule has 4 rings (SSSR count). The first-order valence-electron chi connectivity index (χ1n) is 9.21. The molecule has 0 spiro atoms. The average Bonchev–Trinajstić information content (AvgIpc) is 2.74. The van der Waals surface area contributed by atoms with Crippen molar-refractivity contribution >= 4 is 16.8 Å². The molecule has 0 N–H and O–H groups in total. The van der Waals surface area contributed by atoms with E-state index in [0.717, 1.165) is 5.56 Å². The molecule has 1 aromatic heterocycles. The summed E-state index contributed by atoms with van der Waals surface area (Å²) in [6.07, 6.45) is 1.41. The lowest BCUT2D eigenvalue weighted by Crippen LogP contribution is -2.42. The van der Waals surface area contributed by atoms with Crippen molar-refractivity contribution in [2.24, 2.45) is 0 Å². The van der Waals surface area contributed by atoms with E-state index in [4.69, 9.17) is 4.74 Å². The minimum Gasteiger partial charge on any atom is -0.370 e. The van der Waals surface area contributed by atoms with Gasteiger partial charge in [-0.15, -0.1) is 0 Å². The van der Waals surface area contributed by atoms with Crippen LogP contribution in [0.2, 0.25) is 0 Å². The van der Waals surface area contributed by atoms with Crippen LogP contribution in [0.1, 0.15) is 18.1 Å². The normalized spacial score (nSPS) is 17.0. The molecule has 3 aromatic rings.